The standard InChI is InChI=1S/C21H23N3O2/c1-4-16-9-11-17(12-10-16)15(2)23-14-18(13-22)21(25)24-19-7-5-6-8-20(19)26-3/h5-12,14-15,23H,4H2,1-3H3,(H,24,25)/b18-14-. The van der Waals surface area contributed by atoms with Gasteiger partial charge in [-0.3, -0.25) is 4.79 Å². The van der Waals surface area contributed by atoms with Crippen LogP contribution in [0, 0.1) is 11.3 Å². The third-order valence-corrected chi connectivity index (χ3v) is 4.09. The Bertz CT molecular complexity index is 820. The first kappa shape index (κ1) is 19.1. The van der Waals surface area contributed by atoms with Gasteiger partial charge in [-0.1, -0.05) is 43.3 Å². The summed E-state index contributed by atoms with van der Waals surface area (Å²) in [5.41, 5.74) is 2.86. The summed E-state index contributed by atoms with van der Waals surface area (Å²) >= 11 is 0. The molecule has 5 heteroatoms. The van der Waals surface area contributed by atoms with E-state index in [1.54, 1.807) is 18.2 Å². The predicted octanol–water partition coefficient (Wildman–Crippen LogP) is 3.95. The number of para-hydroxylation sites is 2. The molecule has 0 aliphatic rings. The fraction of sp³-hybridized carbons (Fsp3) is 0.238. The number of carbonyl (C=O) groups excluding carboxylic acids is 1. The highest BCUT2D eigenvalue weighted by atomic mass is 16.5. The Hall–Kier alpha value is -3.26. The van der Waals surface area contributed by atoms with Crippen molar-refractivity contribution in [3.8, 4) is 11.8 Å². The molecule has 0 spiro atoms. The van der Waals surface area contributed by atoms with Gasteiger partial charge in [0.15, 0.2) is 0 Å². The number of methoxy groups -OCH3 is 1. The van der Waals surface area contributed by atoms with Gasteiger partial charge in [0.05, 0.1) is 12.8 Å². The number of nitrogens with one attached hydrogen (secondary N) is 2. The van der Waals surface area contributed by atoms with Crippen molar-refractivity contribution in [3.05, 3.63) is 71.4 Å². The summed E-state index contributed by atoms with van der Waals surface area (Å²) < 4.78 is 5.20. The molecule has 1 atom stereocenters. The summed E-state index contributed by atoms with van der Waals surface area (Å²) in [5, 5.41) is 15.1. The molecule has 2 N–H and O–H groups in total. The zero-order chi connectivity index (χ0) is 18.9. The van der Waals surface area contributed by atoms with Gasteiger partial charge < -0.3 is 15.4 Å². The van der Waals surface area contributed by atoms with Crippen LogP contribution in [0.4, 0.5) is 5.69 Å². The minimum Gasteiger partial charge on any atom is -0.495 e. The van der Waals surface area contributed by atoms with Crippen molar-refractivity contribution in [2.24, 2.45) is 0 Å². The van der Waals surface area contributed by atoms with Crippen molar-refractivity contribution in [1.29, 1.82) is 5.26 Å². The lowest BCUT2D eigenvalue weighted by molar-refractivity contribution is -0.112. The van der Waals surface area contributed by atoms with Crippen LogP contribution in [0.1, 0.15) is 31.0 Å². The number of aryl methyl sites for hydroxylation is 1. The number of nitrogens with zero attached hydrogens (tertiary/aromatic N) is 1. The van der Waals surface area contributed by atoms with Crippen molar-refractivity contribution >= 4 is 11.6 Å². The van der Waals surface area contributed by atoms with Crippen LogP contribution < -0.4 is 15.4 Å². The first-order chi connectivity index (χ1) is 12.6. The van der Waals surface area contributed by atoms with E-state index in [1.165, 1.54) is 18.9 Å². The average Bonchev–Trinajstić information content (AvgIpc) is 2.68. The van der Waals surface area contributed by atoms with E-state index in [1.807, 2.05) is 31.2 Å². The summed E-state index contributed by atoms with van der Waals surface area (Å²) in [7, 11) is 1.53. The first-order valence-corrected chi connectivity index (χ1v) is 8.48. The van der Waals surface area contributed by atoms with Gasteiger partial charge in [0.2, 0.25) is 0 Å². The molecule has 2 aromatic rings. The van der Waals surface area contributed by atoms with Crippen molar-refractivity contribution in [3.63, 3.8) is 0 Å². The Balaban J connectivity index is 2.06. The molecule has 0 saturated heterocycles. The van der Waals surface area contributed by atoms with Gasteiger partial charge in [-0.05, 0) is 36.6 Å². The van der Waals surface area contributed by atoms with Crippen molar-refractivity contribution in [1.82, 2.24) is 5.32 Å². The average molecular weight is 349 g/mol. The summed E-state index contributed by atoms with van der Waals surface area (Å²) in [6, 6.07) is 17.2. The van der Waals surface area contributed by atoms with E-state index in [2.05, 4.69) is 29.7 Å². The summed E-state index contributed by atoms with van der Waals surface area (Å²) in [6.07, 6.45) is 2.44. The summed E-state index contributed by atoms with van der Waals surface area (Å²) in [6.45, 7) is 4.09. The Morgan fingerprint density at radius 1 is 1.23 bits per heavy atom. The molecule has 1 unspecified atom stereocenters. The van der Waals surface area contributed by atoms with E-state index in [0.29, 0.717) is 11.4 Å². The van der Waals surface area contributed by atoms with Crippen LogP contribution in [0.25, 0.3) is 0 Å². The fourth-order valence-electron chi connectivity index (χ4n) is 2.43. The van der Waals surface area contributed by atoms with Crippen LogP contribution in [0.3, 0.4) is 0 Å². The van der Waals surface area contributed by atoms with E-state index in [9.17, 15) is 10.1 Å². The van der Waals surface area contributed by atoms with Gasteiger partial charge in [-0.2, -0.15) is 5.26 Å². The molecule has 134 valence electrons. The minimum atomic E-state index is -0.488. The van der Waals surface area contributed by atoms with Gasteiger partial charge in [0.25, 0.3) is 5.91 Å². The molecule has 0 aromatic heterocycles. The lowest BCUT2D eigenvalue weighted by Crippen LogP contribution is -2.18. The number of hydrogen-bond acceptors (Lipinski definition) is 4. The lowest BCUT2D eigenvalue weighted by atomic mass is 10.1. The smallest absolute Gasteiger partial charge is 0.267 e. The van der Waals surface area contributed by atoms with Crippen LogP contribution in [0.2, 0.25) is 0 Å². The Morgan fingerprint density at radius 2 is 1.92 bits per heavy atom. The number of hydrogen-bond donors (Lipinski definition) is 2. The van der Waals surface area contributed by atoms with Crippen molar-refractivity contribution < 1.29 is 9.53 Å². The molecule has 0 bridgehead atoms. The quantitative estimate of drug-likeness (QED) is 0.586. The van der Waals surface area contributed by atoms with Crippen LogP contribution in [0.15, 0.2) is 60.3 Å². The summed E-state index contributed by atoms with van der Waals surface area (Å²) in [4.78, 5) is 12.3. The highest BCUT2D eigenvalue weighted by Crippen LogP contribution is 2.23. The van der Waals surface area contributed by atoms with Crippen LogP contribution in [-0.4, -0.2) is 13.0 Å². The molecule has 1 amide bonds. The zero-order valence-corrected chi connectivity index (χ0v) is 15.2. The number of nitriles is 1. The van der Waals surface area contributed by atoms with Gasteiger partial charge in [0, 0.05) is 12.2 Å². The third kappa shape index (κ3) is 4.87. The van der Waals surface area contributed by atoms with Gasteiger partial charge in [-0.15, -0.1) is 0 Å². The van der Waals surface area contributed by atoms with Gasteiger partial charge in [-0.25, -0.2) is 0 Å². The maximum atomic E-state index is 12.3. The second-order valence-corrected chi connectivity index (χ2v) is 5.81. The van der Waals surface area contributed by atoms with E-state index in [4.69, 9.17) is 4.74 Å². The minimum absolute atomic E-state index is 0.00654. The molecule has 2 rings (SSSR count). The third-order valence-electron chi connectivity index (χ3n) is 4.09. The lowest BCUT2D eigenvalue weighted by Gasteiger charge is -2.14. The zero-order valence-electron chi connectivity index (χ0n) is 15.2. The first-order valence-electron chi connectivity index (χ1n) is 8.48. The molecule has 0 fully saturated rings. The second-order valence-electron chi connectivity index (χ2n) is 5.81. The number of benzene rings is 2. The Kier molecular flexibility index (Phi) is 6.81. The van der Waals surface area contributed by atoms with Crippen LogP contribution in [-0.2, 0) is 11.2 Å². The van der Waals surface area contributed by atoms with E-state index in [-0.39, 0.29) is 11.6 Å². The molecule has 0 radical (unpaired) electrons. The number of ether oxygens (including phenoxy) is 1. The largest absolute Gasteiger partial charge is 0.495 e. The second kappa shape index (κ2) is 9.28. The molecular weight excluding hydrogens is 326 g/mol. The summed E-state index contributed by atoms with van der Waals surface area (Å²) in [5.74, 6) is 0.0495. The topological polar surface area (TPSA) is 74.2 Å². The molecule has 0 heterocycles. The van der Waals surface area contributed by atoms with Crippen LogP contribution >= 0.6 is 0 Å². The number of anilines is 1. The number of rotatable bonds is 7. The Labute approximate surface area is 154 Å². The van der Waals surface area contributed by atoms with Gasteiger partial charge in [0.1, 0.15) is 17.4 Å². The monoisotopic (exact) mass is 349 g/mol. The van der Waals surface area contributed by atoms with Crippen molar-refractivity contribution in [2.75, 3.05) is 12.4 Å². The maximum Gasteiger partial charge on any atom is 0.267 e. The molecule has 26 heavy (non-hydrogen) atoms. The molecule has 5 nitrogen and oxygen atoms in total. The molecule has 0 aliphatic carbocycles. The molecular formula is C21H23N3O2. The molecule has 2 aromatic carbocycles. The maximum absolute atomic E-state index is 12.3. The van der Waals surface area contributed by atoms with Crippen molar-refractivity contribution in [2.45, 2.75) is 26.3 Å². The SMILES string of the molecule is CCc1ccc(C(C)N/C=C(/C#N)C(=O)Nc2ccccc2OC)cc1. The number of carbonyl (C=O) groups is 1. The van der Waals surface area contributed by atoms with E-state index < -0.39 is 5.91 Å². The highest BCUT2D eigenvalue weighted by molar-refractivity contribution is 6.07. The Morgan fingerprint density at radius 3 is 2.54 bits per heavy atom. The normalized spacial score (nSPS) is 12.0. The fourth-order valence-corrected chi connectivity index (χ4v) is 2.43. The van der Waals surface area contributed by atoms with E-state index in [0.717, 1.165) is 12.0 Å². The molecule has 0 aliphatic heterocycles. The highest BCUT2D eigenvalue weighted by Gasteiger charge is 2.12. The molecule has 0 saturated carbocycles. The predicted molar refractivity (Wildman–Crippen MR) is 103 cm³/mol. The number of amides is 1. The van der Waals surface area contributed by atoms with Crippen LogP contribution in [0.5, 0.6) is 5.75 Å². The van der Waals surface area contributed by atoms with Gasteiger partial charge >= 0.3 is 0 Å². The van der Waals surface area contributed by atoms with E-state index >= 15 is 0 Å².